The molecule has 30 heavy (non-hydrogen) atoms. The van der Waals surface area contributed by atoms with Crippen molar-refractivity contribution in [3.05, 3.63) is 93.5 Å². The van der Waals surface area contributed by atoms with Crippen LogP contribution in [-0.2, 0) is 22.2 Å². The van der Waals surface area contributed by atoms with E-state index in [0.29, 0.717) is 32.6 Å². The van der Waals surface area contributed by atoms with Gasteiger partial charge in [-0.1, -0.05) is 53.5 Å². The van der Waals surface area contributed by atoms with Gasteiger partial charge in [0, 0.05) is 27.6 Å². The van der Waals surface area contributed by atoms with Crippen molar-refractivity contribution in [3.63, 3.8) is 0 Å². The summed E-state index contributed by atoms with van der Waals surface area (Å²) in [6.07, 6.45) is 1.17. The third-order valence-corrected chi connectivity index (χ3v) is 5.59. The van der Waals surface area contributed by atoms with Gasteiger partial charge in [-0.3, -0.25) is 4.79 Å². The number of halogens is 2. The summed E-state index contributed by atoms with van der Waals surface area (Å²) in [5.74, 6) is -0.0734. The van der Waals surface area contributed by atoms with Crippen molar-refractivity contribution >= 4 is 44.6 Å². The molecule has 3 rings (SSSR count). The fraction of sp³-hybridized carbons (Fsp3) is 0.136. The van der Waals surface area contributed by atoms with Gasteiger partial charge in [-0.15, -0.1) is 0 Å². The topological polar surface area (TPSA) is 72.5 Å². The number of anilines is 1. The van der Waals surface area contributed by atoms with E-state index in [0.717, 1.165) is 5.56 Å². The quantitative estimate of drug-likeness (QED) is 0.511. The summed E-state index contributed by atoms with van der Waals surface area (Å²) in [4.78, 5) is 12.8. The zero-order chi connectivity index (χ0) is 21.7. The van der Waals surface area contributed by atoms with E-state index < -0.39 is 9.84 Å². The molecule has 0 aliphatic carbocycles. The van der Waals surface area contributed by atoms with Gasteiger partial charge < -0.3 is 10.1 Å². The van der Waals surface area contributed by atoms with Crippen molar-refractivity contribution < 1.29 is 17.9 Å². The highest BCUT2D eigenvalue weighted by molar-refractivity contribution is 7.89. The molecule has 1 amide bonds. The predicted molar refractivity (Wildman–Crippen MR) is 120 cm³/mol. The van der Waals surface area contributed by atoms with Gasteiger partial charge in [0.2, 0.25) is 0 Å². The second-order valence-corrected chi connectivity index (χ2v) is 9.73. The van der Waals surface area contributed by atoms with Crippen molar-refractivity contribution in [2.75, 3.05) is 11.6 Å². The lowest BCUT2D eigenvalue weighted by atomic mass is 10.1. The van der Waals surface area contributed by atoms with Crippen LogP contribution in [0.4, 0.5) is 5.69 Å². The zero-order valence-corrected chi connectivity index (χ0v) is 18.4. The fourth-order valence-electron chi connectivity index (χ4n) is 2.81. The summed E-state index contributed by atoms with van der Waals surface area (Å²) in [6, 6.07) is 18.7. The monoisotopic (exact) mass is 463 g/mol. The van der Waals surface area contributed by atoms with E-state index in [4.69, 9.17) is 27.9 Å². The summed E-state index contributed by atoms with van der Waals surface area (Å²) < 4.78 is 28.8. The van der Waals surface area contributed by atoms with Gasteiger partial charge in [0.25, 0.3) is 5.91 Å². The van der Waals surface area contributed by atoms with Crippen molar-refractivity contribution in [1.29, 1.82) is 0 Å². The molecule has 0 fully saturated rings. The van der Waals surface area contributed by atoms with Gasteiger partial charge in [0.1, 0.15) is 12.4 Å². The molecule has 156 valence electrons. The lowest BCUT2D eigenvalue weighted by Crippen LogP contribution is -2.14. The molecule has 1 N–H and O–H groups in total. The number of benzene rings is 3. The van der Waals surface area contributed by atoms with E-state index in [1.54, 1.807) is 66.7 Å². The van der Waals surface area contributed by atoms with Crippen LogP contribution in [0.15, 0.2) is 66.7 Å². The molecular formula is C22H19Cl2NO4S. The van der Waals surface area contributed by atoms with Gasteiger partial charge in [-0.05, 0) is 42.0 Å². The second kappa shape index (κ2) is 9.51. The fourth-order valence-corrected chi connectivity index (χ4v) is 4.06. The molecule has 0 saturated heterocycles. The number of sulfone groups is 1. The van der Waals surface area contributed by atoms with Gasteiger partial charge in [-0.2, -0.15) is 0 Å². The highest BCUT2D eigenvalue weighted by Crippen LogP contribution is 2.25. The maximum absolute atomic E-state index is 12.8. The average Bonchev–Trinajstić information content (AvgIpc) is 2.66. The normalized spacial score (nSPS) is 11.2. The van der Waals surface area contributed by atoms with Gasteiger partial charge in [0.15, 0.2) is 9.84 Å². The Morgan fingerprint density at radius 3 is 2.50 bits per heavy atom. The molecule has 0 heterocycles. The summed E-state index contributed by atoms with van der Waals surface area (Å²) >= 11 is 12.1. The number of hydrogen-bond acceptors (Lipinski definition) is 4. The average molecular weight is 464 g/mol. The van der Waals surface area contributed by atoms with Crippen LogP contribution in [0.5, 0.6) is 5.75 Å². The van der Waals surface area contributed by atoms with Crippen LogP contribution in [0.3, 0.4) is 0 Å². The molecule has 8 heteroatoms. The van der Waals surface area contributed by atoms with Crippen LogP contribution in [0, 0.1) is 0 Å². The third-order valence-electron chi connectivity index (χ3n) is 4.14. The molecule has 0 aliphatic rings. The first-order chi connectivity index (χ1) is 14.2. The number of amides is 1. The van der Waals surface area contributed by atoms with Crippen molar-refractivity contribution in [1.82, 2.24) is 0 Å². The molecule has 0 bridgehead atoms. The number of para-hydroxylation sites is 1. The molecule has 0 radical (unpaired) electrons. The Balaban J connectivity index is 1.75. The number of rotatable bonds is 7. The van der Waals surface area contributed by atoms with Crippen LogP contribution >= 0.6 is 23.2 Å². The highest BCUT2D eigenvalue weighted by Gasteiger charge is 2.14. The molecule has 3 aromatic rings. The SMILES string of the molecule is CS(=O)(=O)Cc1cccc(NC(=O)c2ccccc2OCc2ccc(Cl)cc2Cl)c1. The molecule has 0 spiro atoms. The lowest BCUT2D eigenvalue weighted by molar-refractivity contribution is 0.102. The number of carbonyl (C=O) groups is 1. The van der Waals surface area contributed by atoms with Crippen LogP contribution in [0.1, 0.15) is 21.5 Å². The van der Waals surface area contributed by atoms with E-state index >= 15 is 0 Å². The molecule has 0 aromatic heterocycles. The van der Waals surface area contributed by atoms with Gasteiger partial charge >= 0.3 is 0 Å². The van der Waals surface area contributed by atoms with E-state index in [1.165, 1.54) is 6.26 Å². The van der Waals surface area contributed by atoms with Crippen molar-refractivity contribution in [3.8, 4) is 5.75 Å². The Hall–Kier alpha value is -2.54. The number of carbonyl (C=O) groups excluding carboxylic acids is 1. The largest absolute Gasteiger partial charge is 0.488 e. The Morgan fingerprint density at radius 2 is 1.77 bits per heavy atom. The first-order valence-electron chi connectivity index (χ1n) is 8.95. The molecule has 0 aliphatic heterocycles. The molecular weight excluding hydrogens is 445 g/mol. The summed E-state index contributed by atoms with van der Waals surface area (Å²) in [7, 11) is -3.17. The van der Waals surface area contributed by atoms with Crippen LogP contribution in [0.2, 0.25) is 10.0 Å². The maximum atomic E-state index is 12.8. The smallest absolute Gasteiger partial charge is 0.259 e. The summed E-state index contributed by atoms with van der Waals surface area (Å²) in [5.41, 5.74) is 2.18. The van der Waals surface area contributed by atoms with Crippen LogP contribution < -0.4 is 10.1 Å². The molecule has 0 unspecified atom stereocenters. The van der Waals surface area contributed by atoms with E-state index in [1.807, 2.05) is 0 Å². The van der Waals surface area contributed by atoms with Crippen LogP contribution in [-0.4, -0.2) is 20.6 Å². The van der Waals surface area contributed by atoms with Gasteiger partial charge in [0.05, 0.1) is 11.3 Å². The van der Waals surface area contributed by atoms with Crippen LogP contribution in [0.25, 0.3) is 0 Å². The molecule has 0 atom stereocenters. The van der Waals surface area contributed by atoms with Crippen molar-refractivity contribution in [2.45, 2.75) is 12.4 Å². The van der Waals surface area contributed by atoms with E-state index in [9.17, 15) is 13.2 Å². The summed E-state index contributed by atoms with van der Waals surface area (Å²) in [6.45, 7) is 0.171. The van der Waals surface area contributed by atoms with E-state index in [2.05, 4.69) is 5.32 Å². The standard InChI is InChI=1S/C22H19Cl2NO4S/c1-30(27,28)14-15-5-4-6-18(11-15)25-22(26)19-7-2-3-8-21(19)29-13-16-9-10-17(23)12-20(16)24/h2-12H,13-14H2,1H3,(H,25,26). The highest BCUT2D eigenvalue weighted by atomic mass is 35.5. The Labute approximate surface area is 185 Å². The Bertz CT molecular complexity index is 1180. The second-order valence-electron chi connectivity index (χ2n) is 6.75. The lowest BCUT2D eigenvalue weighted by Gasteiger charge is -2.13. The molecule has 0 saturated carbocycles. The van der Waals surface area contributed by atoms with E-state index in [-0.39, 0.29) is 18.3 Å². The number of hydrogen-bond donors (Lipinski definition) is 1. The Kier molecular flexibility index (Phi) is 7.02. The predicted octanol–water partition coefficient (Wildman–Crippen LogP) is 5.37. The minimum atomic E-state index is -3.17. The minimum absolute atomic E-state index is 0.0989. The van der Waals surface area contributed by atoms with Crippen molar-refractivity contribution in [2.24, 2.45) is 0 Å². The number of ether oxygens (including phenoxy) is 1. The zero-order valence-electron chi connectivity index (χ0n) is 16.1. The first-order valence-corrected chi connectivity index (χ1v) is 11.8. The maximum Gasteiger partial charge on any atom is 0.259 e. The third kappa shape index (κ3) is 6.23. The molecule has 5 nitrogen and oxygen atoms in total. The summed E-state index contributed by atoms with van der Waals surface area (Å²) in [5, 5.41) is 3.79. The van der Waals surface area contributed by atoms with Gasteiger partial charge in [-0.25, -0.2) is 8.42 Å². The minimum Gasteiger partial charge on any atom is -0.488 e. The number of nitrogens with one attached hydrogen (secondary N) is 1. The first kappa shape index (κ1) is 22.2. The molecule has 3 aromatic carbocycles. The Morgan fingerprint density at radius 1 is 1.00 bits per heavy atom.